The molecule has 0 saturated carbocycles. The van der Waals surface area contributed by atoms with Gasteiger partial charge >= 0.3 is 0 Å². The van der Waals surface area contributed by atoms with Gasteiger partial charge in [0.2, 0.25) is 0 Å². The number of nitrogens with one attached hydrogen (secondary N) is 1. The molecule has 0 aliphatic rings. The van der Waals surface area contributed by atoms with Crippen LogP contribution in [0.1, 0.15) is 25.5 Å². The minimum Gasteiger partial charge on any atom is -0.313 e. The summed E-state index contributed by atoms with van der Waals surface area (Å²) in [5, 5.41) is 3.40. The average Bonchev–Trinajstić information content (AvgIpc) is 2.29. The van der Waals surface area contributed by atoms with E-state index in [9.17, 15) is 0 Å². The smallest absolute Gasteiger partial charge is 0.0519 e. The summed E-state index contributed by atoms with van der Waals surface area (Å²) in [6.45, 7) is 4.47. The molecule has 0 aliphatic carbocycles. The Kier molecular flexibility index (Phi) is 5.04. The molecule has 96 valence electrons. The Morgan fingerprint density at radius 1 is 1.18 bits per heavy atom. The predicted octanol–water partition coefficient (Wildman–Crippen LogP) is 3.01. The van der Waals surface area contributed by atoms with Crippen LogP contribution < -0.4 is 5.32 Å². The van der Waals surface area contributed by atoms with Crippen molar-refractivity contribution >= 4 is 11.8 Å². The first-order valence-electron chi connectivity index (χ1n) is 5.91. The fourth-order valence-electron chi connectivity index (χ4n) is 2.28. The Morgan fingerprint density at radius 3 is 2.06 bits per heavy atom. The van der Waals surface area contributed by atoms with Crippen molar-refractivity contribution in [3.05, 3.63) is 29.8 Å². The van der Waals surface area contributed by atoms with Crippen LogP contribution in [-0.2, 0) is 0 Å². The largest absolute Gasteiger partial charge is 0.313 e. The second-order valence-electron chi connectivity index (χ2n) is 5.11. The molecule has 3 heteroatoms. The summed E-state index contributed by atoms with van der Waals surface area (Å²) in [6, 6.07) is 9.22. The molecule has 0 bridgehead atoms. The second-order valence-corrected chi connectivity index (χ2v) is 5.99. The van der Waals surface area contributed by atoms with Crippen molar-refractivity contribution in [2.45, 2.75) is 30.3 Å². The van der Waals surface area contributed by atoms with Gasteiger partial charge in [0.1, 0.15) is 0 Å². The fraction of sp³-hybridized carbons (Fsp3) is 0.571. The third-order valence-corrected chi connectivity index (χ3v) is 4.02. The van der Waals surface area contributed by atoms with E-state index in [-0.39, 0.29) is 5.54 Å². The van der Waals surface area contributed by atoms with Crippen molar-refractivity contribution in [1.29, 1.82) is 0 Å². The summed E-state index contributed by atoms with van der Waals surface area (Å²) in [4.78, 5) is 3.58. The van der Waals surface area contributed by atoms with Crippen molar-refractivity contribution in [2.24, 2.45) is 0 Å². The lowest BCUT2D eigenvalue weighted by molar-refractivity contribution is 0.177. The molecule has 0 aromatic heterocycles. The zero-order chi connectivity index (χ0) is 13.1. The van der Waals surface area contributed by atoms with Crippen LogP contribution >= 0.6 is 11.8 Å². The summed E-state index contributed by atoms with van der Waals surface area (Å²) in [5.74, 6) is 0. The van der Waals surface area contributed by atoms with Gasteiger partial charge in [-0.25, -0.2) is 0 Å². The summed E-state index contributed by atoms with van der Waals surface area (Å²) < 4.78 is 0. The van der Waals surface area contributed by atoms with Gasteiger partial charge in [-0.2, -0.15) is 0 Å². The van der Waals surface area contributed by atoms with Crippen LogP contribution in [0.5, 0.6) is 0 Å². The Morgan fingerprint density at radius 2 is 1.71 bits per heavy atom. The molecule has 1 aromatic rings. The lowest BCUT2D eigenvalue weighted by Crippen LogP contribution is -2.48. The van der Waals surface area contributed by atoms with Crippen LogP contribution in [0.3, 0.4) is 0 Å². The maximum Gasteiger partial charge on any atom is 0.0519 e. The highest BCUT2D eigenvalue weighted by molar-refractivity contribution is 7.98. The second kappa shape index (κ2) is 5.89. The standard InChI is InChI=1S/C14H24N2S/c1-14(2,15-3)13(16(4)5)11-7-9-12(17-6)10-8-11/h7-10,13,15H,1-6H3. The quantitative estimate of drug-likeness (QED) is 0.811. The van der Waals surface area contributed by atoms with Crippen LogP contribution in [0, 0.1) is 0 Å². The van der Waals surface area contributed by atoms with Gasteiger partial charge < -0.3 is 10.2 Å². The minimum atomic E-state index is 0.0460. The highest BCUT2D eigenvalue weighted by Crippen LogP contribution is 2.30. The molecule has 2 nitrogen and oxygen atoms in total. The lowest BCUT2D eigenvalue weighted by atomic mass is 9.88. The Hall–Kier alpha value is -0.510. The molecule has 1 rings (SSSR count). The van der Waals surface area contributed by atoms with Crippen LogP contribution in [0.4, 0.5) is 0 Å². The number of hydrogen-bond acceptors (Lipinski definition) is 3. The molecule has 0 radical (unpaired) electrons. The summed E-state index contributed by atoms with van der Waals surface area (Å²) in [5.41, 5.74) is 1.40. The maximum atomic E-state index is 3.40. The maximum absolute atomic E-state index is 3.40. The zero-order valence-corrected chi connectivity index (χ0v) is 12.6. The Balaban J connectivity index is 3.06. The number of thioether (sulfide) groups is 1. The molecule has 17 heavy (non-hydrogen) atoms. The van der Waals surface area contributed by atoms with Crippen molar-refractivity contribution in [3.8, 4) is 0 Å². The predicted molar refractivity (Wildman–Crippen MR) is 77.8 cm³/mol. The molecule has 0 aliphatic heterocycles. The van der Waals surface area contributed by atoms with Crippen LogP contribution in [0.25, 0.3) is 0 Å². The number of benzene rings is 1. The van der Waals surface area contributed by atoms with Crippen molar-refractivity contribution in [3.63, 3.8) is 0 Å². The SMILES string of the molecule is CNC(C)(C)C(c1ccc(SC)cc1)N(C)C. The van der Waals surface area contributed by atoms with E-state index < -0.39 is 0 Å². The zero-order valence-electron chi connectivity index (χ0n) is 11.7. The first-order chi connectivity index (χ1) is 7.92. The molecule has 0 saturated heterocycles. The molecule has 0 heterocycles. The molecule has 1 unspecified atom stereocenters. The summed E-state index contributed by atoms with van der Waals surface area (Å²) in [6.07, 6.45) is 2.11. The van der Waals surface area contributed by atoms with Gasteiger partial charge in [0.05, 0.1) is 6.04 Å². The van der Waals surface area contributed by atoms with E-state index >= 15 is 0 Å². The molecular weight excluding hydrogens is 228 g/mol. The van der Waals surface area contributed by atoms with Gasteiger partial charge in [0.15, 0.2) is 0 Å². The molecule has 1 aromatic carbocycles. The van der Waals surface area contributed by atoms with Crippen LogP contribution in [-0.4, -0.2) is 37.8 Å². The molecular formula is C14H24N2S. The third kappa shape index (κ3) is 3.47. The molecule has 0 spiro atoms. The highest BCUT2D eigenvalue weighted by atomic mass is 32.2. The van der Waals surface area contributed by atoms with E-state index in [1.54, 1.807) is 11.8 Å². The van der Waals surface area contributed by atoms with Crippen molar-refractivity contribution in [2.75, 3.05) is 27.4 Å². The Labute approximate surface area is 110 Å². The molecule has 1 N–H and O–H groups in total. The summed E-state index contributed by atoms with van der Waals surface area (Å²) in [7, 11) is 6.28. The van der Waals surface area contributed by atoms with Crippen molar-refractivity contribution < 1.29 is 0 Å². The number of nitrogens with zero attached hydrogens (tertiary/aromatic N) is 1. The topological polar surface area (TPSA) is 15.3 Å². The first kappa shape index (κ1) is 14.6. The van der Waals surface area contributed by atoms with Gasteiger partial charge in [-0.05, 0) is 58.9 Å². The van der Waals surface area contributed by atoms with Gasteiger partial charge in [0.25, 0.3) is 0 Å². The number of likely N-dealkylation sites (N-methyl/N-ethyl adjacent to an activating group) is 2. The first-order valence-corrected chi connectivity index (χ1v) is 7.14. The molecule has 0 fully saturated rings. The van der Waals surface area contributed by atoms with Gasteiger partial charge in [-0.3, -0.25) is 0 Å². The van der Waals surface area contributed by atoms with Crippen molar-refractivity contribution in [1.82, 2.24) is 10.2 Å². The third-order valence-electron chi connectivity index (χ3n) is 3.28. The average molecular weight is 252 g/mol. The lowest BCUT2D eigenvalue weighted by Gasteiger charge is -2.39. The van der Waals surface area contributed by atoms with Gasteiger partial charge in [-0.1, -0.05) is 12.1 Å². The van der Waals surface area contributed by atoms with E-state index in [1.165, 1.54) is 10.5 Å². The van der Waals surface area contributed by atoms with E-state index in [4.69, 9.17) is 0 Å². The van der Waals surface area contributed by atoms with Gasteiger partial charge in [-0.15, -0.1) is 11.8 Å². The monoisotopic (exact) mass is 252 g/mol. The Bertz CT molecular complexity index is 344. The molecule has 1 atom stereocenters. The van der Waals surface area contributed by atoms with E-state index in [1.807, 2.05) is 7.05 Å². The van der Waals surface area contributed by atoms with E-state index in [2.05, 4.69) is 68.7 Å². The van der Waals surface area contributed by atoms with E-state index in [0.29, 0.717) is 6.04 Å². The highest BCUT2D eigenvalue weighted by Gasteiger charge is 2.30. The van der Waals surface area contributed by atoms with Crippen LogP contribution in [0.2, 0.25) is 0 Å². The fourth-order valence-corrected chi connectivity index (χ4v) is 2.69. The normalized spacial score (nSPS) is 14.1. The minimum absolute atomic E-state index is 0.0460. The summed E-state index contributed by atoms with van der Waals surface area (Å²) >= 11 is 1.78. The van der Waals surface area contributed by atoms with E-state index in [0.717, 1.165) is 0 Å². The number of rotatable bonds is 5. The van der Waals surface area contributed by atoms with Gasteiger partial charge in [0, 0.05) is 10.4 Å². The number of hydrogen-bond donors (Lipinski definition) is 1. The molecule has 0 amide bonds. The van der Waals surface area contributed by atoms with Crippen LogP contribution in [0.15, 0.2) is 29.2 Å².